The molecule has 0 heterocycles. The lowest BCUT2D eigenvalue weighted by Gasteiger charge is -2.25. The molecule has 17 heavy (non-hydrogen) atoms. The molecular weight excluding hydrogens is 226 g/mol. The van der Waals surface area contributed by atoms with Gasteiger partial charge in [-0.3, -0.25) is 0 Å². The second kappa shape index (κ2) is 6.44. The number of nitrogens with one attached hydrogen (secondary N) is 1. The van der Waals surface area contributed by atoms with Crippen molar-refractivity contribution in [2.75, 3.05) is 14.2 Å². The summed E-state index contributed by atoms with van der Waals surface area (Å²) in [6.07, 6.45) is -1.19. The SMILES string of the molecule is COC(=O)[C@@H](NC(=O)OC(C)(C)C)[C@@H](C)OC. The molecule has 0 saturated carbocycles. The fourth-order valence-electron chi connectivity index (χ4n) is 1.07. The molecule has 6 heteroatoms. The van der Waals surface area contributed by atoms with Gasteiger partial charge in [-0.1, -0.05) is 0 Å². The minimum Gasteiger partial charge on any atom is -0.467 e. The van der Waals surface area contributed by atoms with Crippen LogP contribution in [0.5, 0.6) is 0 Å². The minimum atomic E-state index is -0.889. The number of ether oxygens (including phenoxy) is 3. The number of rotatable bonds is 4. The van der Waals surface area contributed by atoms with Crippen molar-refractivity contribution in [3.05, 3.63) is 0 Å². The van der Waals surface area contributed by atoms with Gasteiger partial charge < -0.3 is 19.5 Å². The average Bonchev–Trinajstić information content (AvgIpc) is 2.21. The monoisotopic (exact) mass is 247 g/mol. The molecule has 2 atom stereocenters. The van der Waals surface area contributed by atoms with Gasteiger partial charge in [0.15, 0.2) is 6.04 Å². The summed E-state index contributed by atoms with van der Waals surface area (Å²) < 4.78 is 14.6. The van der Waals surface area contributed by atoms with Crippen LogP contribution < -0.4 is 5.32 Å². The third kappa shape index (κ3) is 6.11. The van der Waals surface area contributed by atoms with Gasteiger partial charge >= 0.3 is 12.1 Å². The first kappa shape index (κ1) is 15.7. The number of hydrogen-bond acceptors (Lipinski definition) is 5. The highest BCUT2D eigenvalue weighted by Crippen LogP contribution is 2.08. The summed E-state index contributed by atoms with van der Waals surface area (Å²) >= 11 is 0. The van der Waals surface area contributed by atoms with Crippen molar-refractivity contribution >= 4 is 12.1 Å². The second-order valence-electron chi connectivity index (χ2n) is 4.59. The normalized spacial score (nSPS) is 14.7. The van der Waals surface area contributed by atoms with Gasteiger partial charge in [-0.05, 0) is 27.7 Å². The first-order valence-corrected chi connectivity index (χ1v) is 5.31. The maximum absolute atomic E-state index is 11.5. The van der Waals surface area contributed by atoms with Crippen molar-refractivity contribution in [1.29, 1.82) is 0 Å². The van der Waals surface area contributed by atoms with E-state index in [1.165, 1.54) is 14.2 Å². The van der Waals surface area contributed by atoms with Crippen molar-refractivity contribution in [2.45, 2.75) is 45.4 Å². The van der Waals surface area contributed by atoms with E-state index in [0.717, 1.165) is 0 Å². The van der Waals surface area contributed by atoms with Gasteiger partial charge in [0.25, 0.3) is 0 Å². The first-order chi connectivity index (χ1) is 7.71. The summed E-state index contributed by atoms with van der Waals surface area (Å²) in [6.45, 7) is 6.86. The molecule has 0 radical (unpaired) electrons. The van der Waals surface area contributed by atoms with Crippen molar-refractivity contribution in [2.24, 2.45) is 0 Å². The van der Waals surface area contributed by atoms with Gasteiger partial charge in [-0.25, -0.2) is 9.59 Å². The Kier molecular flexibility index (Phi) is 5.95. The lowest BCUT2D eigenvalue weighted by atomic mass is 10.2. The Morgan fingerprint density at radius 3 is 2.06 bits per heavy atom. The summed E-state index contributed by atoms with van der Waals surface area (Å²) in [4.78, 5) is 23.0. The summed E-state index contributed by atoms with van der Waals surface area (Å²) in [5, 5.41) is 2.41. The van der Waals surface area contributed by atoms with E-state index in [2.05, 4.69) is 10.1 Å². The molecule has 0 aliphatic carbocycles. The average molecular weight is 247 g/mol. The van der Waals surface area contributed by atoms with E-state index in [4.69, 9.17) is 9.47 Å². The van der Waals surface area contributed by atoms with Gasteiger partial charge in [0.2, 0.25) is 0 Å². The molecule has 6 nitrogen and oxygen atoms in total. The van der Waals surface area contributed by atoms with Crippen LogP contribution in [0.2, 0.25) is 0 Å². The summed E-state index contributed by atoms with van der Waals surface area (Å²) in [7, 11) is 2.69. The molecule has 0 saturated heterocycles. The lowest BCUT2D eigenvalue weighted by molar-refractivity contribution is -0.146. The van der Waals surface area contributed by atoms with Crippen molar-refractivity contribution < 1.29 is 23.8 Å². The highest BCUT2D eigenvalue weighted by Gasteiger charge is 2.29. The predicted octanol–water partition coefficient (Wildman–Crippen LogP) is 1.09. The molecule has 100 valence electrons. The molecule has 0 aromatic heterocycles. The Hall–Kier alpha value is -1.30. The second-order valence-corrected chi connectivity index (χ2v) is 4.59. The molecule has 1 N–H and O–H groups in total. The molecule has 0 aromatic rings. The van der Waals surface area contributed by atoms with E-state index in [1.807, 2.05) is 0 Å². The number of carbonyl (C=O) groups excluding carboxylic acids is 2. The maximum atomic E-state index is 11.5. The van der Waals surface area contributed by atoms with Crippen LogP contribution in [0.3, 0.4) is 0 Å². The Morgan fingerprint density at radius 1 is 1.18 bits per heavy atom. The van der Waals surface area contributed by atoms with Crippen LogP contribution in [0.15, 0.2) is 0 Å². The van der Waals surface area contributed by atoms with E-state index in [1.54, 1.807) is 27.7 Å². The molecule has 1 amide bonds. The smallest absolute Gasteiger partial charge is 0.408 e. The van der Waals surface area contributed by atoms with Crippen LogP contribution in [0, 0.1) is 0 Å². The summed E-state index contributed by atoms with van der Waals surface area (Å²) in [5.41, 5.74) is -0.624. The van der Waals surface area contributed by atoms with E-state index < -0.39 is 29.8 Å². The highest BCUT2D eigenvalue weighted by molar-refractivity contribution is 5.81. The van der Waals surface area contributed by atoms with Crippen LogP contribution >= 0.6 is 0 Å². The fourth-order valence-corrected chi connectivity index (χ4v) is 1.07. The van der Waals surface area contributed by atoms with Crippen LogP contribution in [0.25, 0.3) is 0 Å². The molecule has 0 spiro atoms. The third-order valence-electron chi connectivity index (χ3n) is 1.97. The molecule has 0 aromatic carbocycles. The van der Waals surface area contributed by atoms with Crippen LogP contribution in [0.4, 0.5) is 4.79 Å². The number of alkyl carbamates (subject to hydrolysis) is 1. The van der Waals surface area contributed by atoms with Crippen molar-refractivity contribution in [1.82, 2.24) is 5.32 Å². The number of methoxy groups -OCH3 is 2. The Balaban J connectivity index is 4.54. The van der Waals surface area contributed by atoms with Gasteiger partial charge in [0.1, 0.15) is 5.60 Å². The molecule has 0 bridgehead atoms. The van der Waals surface area contributed by atoms with E-state index in [-0.39, 0.29) is 0 Å². The molecule has 0 fully saturated rings. The molecule has 0 aliphatic heterocycles. The number of esters is 1. The zero-order chi connectivity index (χ0) is 13.6. The fraction of sp³-hybridized carbons (Fsp3) is 0.818. The zero-order valence-electron chi connectivity index (χ0n) is 11.2. The lowest BCUT2D eigenvalue weighted by Crippen LogP contribution is -2.50. The van der Waals surface area contributed by atoms with Gasteiger partial charge in [-0.15, -0.1) is 0 Å². The summed E-state index contributed by atoms with van der Waals surface area (Å²) in [5.74, 6) is -0.579. The van der Waals surface area contributed by atoms with Crippen LogP contribution in [-0.2, 0) is 19.0 Å². The number of amides is 1. The number of carbonyl (C=O) groups is 2. The largest absolute Gasteiger partial charge is 0.467 e. The molecule has 0 rings (SSSR count). The van der Waals surface area contributed by atoms with Gasteiger partial charge in [0.05, 0.1) is 13.2 Å². The molecule has 0 unspecified atom stereocenters. The Morgan fingerprint density at radius 2 is 1.71 bits per heavy atom. The van der Waals surface area contributed by atoms with E-state index >= 15 is 0 Å². The zero-order valence-corrected chi connectivity index (χ0v) is 11.2. The van der Waals surface area contributed by atoms with E-state index in [0.29, 0.717) is 0 Å². The number of hydrogen-bond donors (Lipinski definition) is 1. The van der Waals surface area contributed by atoms with Gasteiger partial charge in [-0.2, -0.15) is 0 Å². The minimum absolute atomic E-state index is 0.505. The Labute approximate surface area is 102 Å². The van der Waals surface area contributed by atoms with Gasteiger partial charge in [0, 0.05) is 7.11 Å². The maximum Gasteiger partial charge on any atom is 0.408 e. The van der Waals surface area contributed by atoms with Crippen molar-refractivity contribution in [3.8, 4) is 0 Å². The van der Waals surface area contributed by atoms with E-state index in [9.17, 15) is 9.59 Å². The molecule has 0 aliphatic rings. The first-order valence-electron chi connectivity index (χ1n) is 5.31. The summed E-state index contributed by atoms with van der Waals surface area (Å²) in [6, 6.07) is -0.889. The highest BCUT2D eigenvalue weighted by atomic mass is 16.6. The Bertz CT molecular complexity index is 272. The quantitative estimate of drug-likeness (QED) is 0.753. The van der Waals surface area contributed by atoms with Crippen LogP contribution in [0.1, 0.15) is 27.7 Å². The van der Waals surface area contributed by atoms with Crippen LogP contribution in [-0.4, -0.2) is 44.0 Å². The molecular formula is C11H21NO5. The third-order valence-corrected chi connectivity index (χ3v) is 1.97. The topological polar surface area (TPSA) is 73.9 Å². The predicted molar refractivity (Wildman–Crippen MR) is 61.6 cm³/mol. The standard InChI is InChI=1S/C11H21NO5/c1-7(15-5)8(9(13)16-6)12-10(14)17-11(2,3)4/h7-8H,1-6H3,(H,12,14)/t7-,8+/m1/s1. The van der Waals surface area contributed by atoms with Crippen molar-refractivity contribution in [3.63, 3.8) is 0 Å².